The van der Waals surface area contributed by atoms with Gasteiger partial charge in [0.2, 0.25) is 0 Å². The lowest BCUT2D eigenvalue weighted by Gasteiger charge is -2.31. The number of anilines is 2. The Bertz CT molecular complexity index is 766. The summed E-state index contributed by atoms with van der Waals surface area (Å²) in [5.74, 6) is 0.145. The molecule has 6 heteroatoms. The van der Waals surface area contributed by atoms with Crippen LogP contribution >= 0.6 is 0 Å². The summed E-state index contributed by atoms with van der Waals surface area (Å²) in [6.07, 6.45) is 1.87. The number of aliphatic carboxylic acids is 1. The SMILES string of the molecule is O=C(O)CCOCCc1cccc(NCCCN2CCOc3ccccc32)c1. The molecule has 1 aliphatic heterocycles. The van der Waals surface area contributed by atoms with Crippen LogP contribution < -0.4 is 15.0 Å². The predicted molar refractivity (Wildman–Crippen MR) is 110 cm³/mol. The Labute approximate surface area is 166 Å². The summed E-state index contributed by atoms with van der Waals surface area (Å²) in [5, 5.41) is 12.1. The van der Waals surface area contributed by atoms with Gasteiger partial charge in [-0.1, -0.05) is 24.3 Å². The first-order valence-corrected chi connectivity index (χ1v) is 9.81. The Morgan fingerprint density at radius 2 is 2.07 bits per heavy atom. The van der Waals surface area contributed by atoms with Crippen molar-refractivity contribution in [3.05, 3.63) is 54.1 Å². The van der Waals surface area contributed by atoms with E-state index >= 15 is 0 Å². The smallest absolute Gasteiger partial charge is 0.305 e. The number of nitrogens with one attached hydrogen (secondary N) is 1. The van der Waals surface area contributed by atoms with Crippen molar-refractivity contribution in [2.75, 3.05) is 49.7 Å². The first-order valence-electron chi connectivity index (χ1n) is 9.81. The van der Waals surface area contributed by atoms with Crippen molar-refractivity contribution in [2.24, 2.45) is 0 Å². The molecular formula is C22H28N2O4. The van der Waals surface area contributed by atoms with Crippen molar-refractivity contribution in [3.8, 4) is 5.75 Å². The second-order valence-corrected chi connectivity index (χ2v) is 6.79. The first-order chi connectivity index (χ1) is 13.7. The Kier molecular flexibility index (Phi) is 7.55. The van der Waals surface area contributed by atoms with E-state index in [1.807, 2.05) is 18.2 Å². The molecule has 0 saturated carbocycles. The van der Waals surface area contributed by atoms with E-state index in [-0.39, 0.29) is 13.0 Å². The maximum absolute atomic E-state index is 10.5. The largest absolute Gasteiger partial charge is 0.490 e. The summed E-state index contributed by atoms with van der Waals surface area (Å²) in [4.78, 5) is 12.8. The van der Waals surface area contributed by atoms with E-state index in [0.717, 1.165) is 50.5 Å². The molecule has 28 heavy (non-hydrogen) atoms. The molecule has 0 amide bonds. The topological polar surface area (TPSA) is 71.0 Å². The Morgan fingerprint density at radius 3 is 2.96 bits per heavy atom. The highest BCUT2D eigenvalue weighted by Crippen LogP contribution is 2.30. The molecule has 6 nitrogen and oxygen atoms in total. The van der Waals surface area contributed by atoms with Crippen molar-refractivity contribution in [3.63, 3.8) is 0 Å². The van der Waals surface area contributed by atoms with Gasteiger partial charge in [0.25, 0.3) is 0 Å². The number of hydrogen-bond donors (Lipinski definition) is 2. The second-order valence-electron chi connectivity index (χ2n) is 6.79. The van der Waals surface area contributed by atoms with Crippen LogP contribution in [0.25, 0.3) is 0 Å². The molecule has 1 heterocycles. The number of fused-ring (bicyclic) bond motifs is 1. The lowest BCUT2D eigenvalue weighted by molar-refractivity contribution is -0.138. The summed E-state index contributed by atoms with van der Waals surface area (Å²) < 4.78 is 11.1. The molecule has 0 fully saturated rings. The van der Waals surface area contributed by atoms with Crippen LogP contribution in [0.2, 0.25) is 0 Å². The minimum Gasteiger partial charge on any atom is -0.490 e. The number of para-hydroxylation sites is 2. The van der Waals surface area contributed by atoms with Gasteiger partial charge in [0, 0.05) is 18.8 Å². The molecule has 0 radical (unpaired) electrons. The van der Waals surface area contributed by atoms with Gasteiger partial charge < -0.3 is 24.8 Å². The summed E-state index contributed by atoms with van der Waals surface area (Å²) in [7, 11) is 0. The summed E-state index contributed by atoms with van der Waals surface area (Å²) in [6.45, 7) is 4.35. The van der Waals surface area contributed by atoms with Crippen molar-refractivity contribution < 1.29 is 19.4 Å². The highest BCUT2D eigenvalue weighted by atomic mass is 16.5. The van der Waals surface area contributed by atoms with Crippen molar-refractivity contribution in [1.82, 2.24) is 0 Å². The minimum atomic E-state index is -0.827. The second kappa shape index (κ2) is 10.6. The van der Waals surface area contributed by atoms with Gasteiger partial charge in [-0.2, -0.15) is 0 Å². The number of benzene rings is 2. The average molecular weight is 384 g/mol. The molecule has 0 atom stereocenters. The van der Waals surface area contributed by atoms with Gasteiger partial charge in [0.15, 0.2) is 0 Å². The summed E-state index contributed by atoms with van der Waals surface area (Å²) in [6, 6.07) is 16.5. The van der Waals surface area contributed by atoms with Crippen LogP contribution in [0, 0.1) is 0 Å². The molecule has 0 aliphatic carbocycles. The Balaban J connectivity index is 1.38. The highest BCUT2D eigenvalue weighted by Gasteiger charge is 2.16. The summed E-state index contributed by atoms with van der Waals surface area (Å²) in [5.41, 5.74) is 3.46. The molecular weight excluding hydrogens is 356 g/mol. The van der Waals surface area contributed by atoms with E-state index in [0.29, 0.717) is 6.61 Å². The normalized spacial score (nSPS) is 12.9. The van der Waals surface area contributed by atoms with Crippen LogP contribution in [0.1, 0.15) is 18.4 Å². The highest BCUT2D eigenvalue weighted by molar-refractivity contribution is 5.66. The number of hydrogen-bond acceptors (Lipinski definition) is 5. The molecule has 1 aliphatic rings. The molecule has 150 valence electrons. The molecule has 0 bridgehead atoms. The van der Waals surface area contributed by atoms with Crippen molar-refractivity contribution in [2.45, 2.75) is 19.3 Å². The van der Waals surface area contributed by atoms with Crippen LogP contribution in [0.15, 0.2) is 48.5 Å². The lowest BCUT2D eigenvalue weighted by atomic mass is 10.1. The number of ether oxygens (including phenoxy) is 2. The van der Waals surface area contributed by atoms with Crippen LogP contribution in [0.3, 0.4) is 0 Å². The molecule has 0 aromatic heterocycles. The average Bonchev–Trinajstić information content (AvgIpc) is 2.71. The van der Waals surface area contributed by atoms with E-state index in [1.165, 1.54) is 11.3 Å². The van der Waals surface area contributed by atoms with Crippen molar-refractivity contribution in [1.29, 1.82) is 0 Å². The van der Waals surface area contributed by atoms with Gasteiger partial charge >= 0.3 is 5.97 Å². The number of carboxylic acids is 1. The predicted octanol–water partition coefficient (Wildman–Crippen LogP) is 3.42. The molecule has 2 aromatic carbocycles. The molecule has 2 N–H and O–H groups in total. The molecule has 0 unspecified atom stereocenters. The van der Waals surface area contributed by atoms with Gasteiger partial charge in [-0.15, -0.1) is 0 Å². The van der Waals surface area contributed by atoms with Gasteiger partial charge in [0.1, 0.15) is 12.4 Å². The number of rotatable bonds is 11. The fourth-order valence-corrected chi connectivity index (χ4v) is 3.25. The standard InChI is InChI=1S/C22H28N2O4/c25-22(26)10-15-27-14-9-18-5-3-6-19(17-18)23-11-4-12-24-13-16-28-21-8-2-1-7-20(21)24/h1-3,5-8,17,23H,4,9-16H2,(H,25,26). The van der Waals surface area contributed by atoms with Crippen LogP contribution in [-0.4, -0.2) is 50.5 Å². The lowest BCUT2D eigenvalue weighted by Crippen LogP contribution is -2.34. The third-order valence-electron chi connectivity index (χ3n) is 4.68. The first kappa shape index (κ1) is 20.0. The number of carboxylic acid groups (broad SMARTS) is 1. The number of nitrogens with zero attached hydrogens (tertiary/aromatic N) is 1. The Morgan fingerprint density at radius 1 is 1.18 bits per heavy atom. The third kappa shape index (κ3) is 6.16. The molecule has 3 rings (SSSR count). The van der Waals surface area contributed by atoms with E-state index in [9.17, 15) is 4.79 Å². The monoisotopic (exact) mass is 384 g/mol. The molecule has 0 saturated heterocycles. The van der Waals surface area contributed by atoms with Gasteiger partial charge in [-0.25, -0.2) is 0 Å². The fourth-order valence-electron chi connectivity index (χ4n) is 3.25. The van der Waals surface area contributed by atoms with E-state index in [2.05, 4.69) is 40.5 Å². The number of carbonyl (C=O) groups is 1. The van der Waals surface area contributed by atoms with Crippen LogP contribution in [0.4, 0.5) is 11.4 Å². The van der Waals surface area contributed by atoms with E-state index < -0.39 is 5.97 Å². The molecule has 2 aromatic rings. The van der Waals surface area contributed by atoms with Gasteiger partial charge in [-0.3, -0.25) is 4.79 Å². The van der Waals surface area contributed by atoms with Gasteiger partial charge in [-0.05, 0) is 42.7 Å². The van der Waals surface area contributed by atoms with E-state index in [4.69, 9.17) is 14.6 Å². The molecule has 0 spiro atoms. The zero-order valence-electron chi connectivity index (χ0n) is 16.1. The van der Waals surface area contributed by atoms with Crippen LogP contribution in [-0.2, 0) is 16.0 Å². The zero-order chi connectivity index (χ0) is 19.6. The van der Waals surface area contributed by atoms with Crippen molar-refractivity contribution >= 4 is 17.3 Å². The fraction of sp³-hybridized carbons (Fsp3) is 0.409. The Hall–Kier alpha value is -2.73. The third-order valence-corrected chi connectivity index (χ3v) is 4.68. The maximum Gasteiger partial charge on any atom is 0.305 e. The minimum absolute atomic E-state index is 0.0508. The maximum atomic E-state index is 10.5. The van der Waals surface area contributed by atoms with Crippen LogP contribution in [0.5, 0.6) is 5.75 Å². The van der Waals surface area contributed by atoms with E-state index in [1.54, 1.807) is 0 Å². The van der Waals surface area contributed by atoms with Gasteiger partial charge in [0.05, 0.1) is 31.9 Å². The quantitative estimate of drug-likeness (QED) is 0.579. The summed E-state index contributed by atoms with van der Waals surface area (Å²) >= 11 is 0. The zero-order valence-corrected chi connectivity index (χ0v) is 16.1.